The smallest absolute Gasteiger partial charge is 0.349 e. The molecule has 0 spiro atoms. The van der Waals surface area contributed by atoms with E-state index in [-0.39, 0.29) is 17.1 Å². The predicted octanol–water partition coefficient (Wildman–Crippen LogP) is 4.88. The first-order valence-electron chi connectivity index (χ1n) is 6.58. The fraction of sp³-hybridized carbons (Fsp3) is 0.267. The number of carboxylic acids is 1. The molecule has 0 atom stereocenters. The molecule has 0 aliphatic heterocycles. The lowest BCUT2D eigenvalue weighted by molar-refractivity contribution is -0.0279. The lowest BCUT2D eigenvalue weighted by atomic mass is 10.1. The summed E-state index contributed by atoms with van der Waals surface area (Å²) in [6, 6.07) is 7.89. The topological polar surface area (TPSA) is 46.5 Å². The molecule has 1 fully saturated rings. The van der Waals surface area contributed by atoms with E-state index in [2.05, 4.69) is 0 Å². The van der Waals surface area contributed by atoms with Crippen molar-refractivity contribution >= 4 is 17.3 Å². The molecule has 1 saturated carbocycles. The van der Waals surface area contributed by atoms with Crippen LogP contribution in [0.1, 0.15) is 27.4 Å². The summed E-state index contributed by atoms with van der Waals surface area (Å²) < 4.78 is 47.8. The summed E-state index contributed by atoms with van der Waals surface area (Å²) in [5, 5.41) is 9.12. The Morgan fingerprint density at radius 1 is 1.27 bits per heavy atom. The van der Waals surface area contributed by atoms with Gasteiger partial charge < -0.3 is 9.84 Å². The van der Waals surface area contributed by atoms with Gasteiger partial charge in [-0.25, -0.2) is 18.0 Å². The van der Waals surface area contributed by atoms with Gasteiger partial charge in [0.15, 0.2) is 16.4 Å². The maximum atomic E-state index is 14.4. The number of benzene rings is 1. The van der Waals surface area contributed by atoms with E-state index >= 15 is 0 Å². The third kappa shape index (κ3) is 2.56. The fourth-order valence-electron chi connectivity index (χ4n) is 2.08. The predicted molar refractivity (Wildman–Crippen MR) is 74.4 cm³/mol. The van der Waals surface area contributed by atoms with Gasteiger partial charge in [-0.1, -0.05) is 18.2 Å². The third-order valence-corrected chi connectivity index (χ3v) is 4.58. The van der Waals surface area contributed by atoms with E-state index in [0.717, 1.165) is 0 Å². The summed E-state index contributed by atoms with van der Waals surface area (Å²) in [4.78, 5) is 9.79. The Bertz CT molecular complexity index is 708. The molecule has 22 heavy (non-hydrogen) atoms. The standard InChI is InChI=1S/C15H11F3O3S/c16-10-11(21-9-4-2-1-3-5-9)12(14(19)20)22-13(10)15(17,18)8-6-7-8/h1-5,8H,6-7H2,(H,19,20). The van der Waals surface area contributed by atoms with Gasteiger partial charge in [0.1, 0.15) is 10.6 Å². The molecular weight excluding hydrogens is 317 g/mol. The lowest BCUT2D eigenvalue weighted by Crippen LogP contribution is -2.15. The van der Waals surface area contributed by atoms with Gasteiger partial charge in [0, 0.05) is 5.92 Å². The highest BCUT2D eigenvalue weighted by molar-refractivity contribution is 7.14. The minimum absolute atomic E-state index is 0.183. The number of hydrogen-bond donors (Lipinski definition) is 1. The molecule has 3 rings (SSSR count). The summed E-state index contributed by atoms with van der Waals surface area (Å²) in [7, 11) is 0. The van der Waals surface area contributed by atoms with Gasteiger partial charge in [0.05, 0.1) is 0 Å². The summed E-state index contributed by atoms with van der Waals surface area (Å²) in [5.41, 5.74) is 0. The zero-order valence-electron chi connectivity index (χ0n) is 11.2. The van der Waals surface area contributed by atoms with E-state index in [0.29, 0.717) is 12.8 Å². The van der Waals surface area contributed by atoms with Crippen molar-refractivity contribution in [3.8, 4) is 11.5 Å². The van der Waals surface area contributed by atoms with E-state index < -0.39 is 39.1 Å². The summed E-state index contributed by atoms with van der Waals surface area (Å²) in [6.45, 7) is 0. The molecule has 0 amide bonds. The van der Waals surface area contributed by atoms with E-state index in [4.69, 9.17) is 9.84 Å². The van der Waals surface area contributed by atoms with Crippen LogP contribution in [0.3, 0.4) is 0 Å². The van der Waals surface area contributed by atoms with E-state index in [9.17, 15) is 18.0 Å². The van der Waals surface area contributed by atoms with Crippen LogP contribution in [-0.2, 0) is 5.92 Å². The van der Waals surface area contributed by atoms with Gasteiger partial charge in [-0.2, -0.15) is 0 Å². The lowest BCUT2D eigenvalue weighted by Gasteiger charge is -2.13. The minimum atomic E-state index is -3.36. The van der Waals surface area contributed by atoms with Gasteiger partial charge in [0.2, 0.25) is 0 Å². The number of rotatable bonds is 5. The molecule has 2 aromatic rings. The van der Waals surface area contributed by atoms with Crippen LogP contribution in [0, 0.1) is 11.7 Å². The van der Waals surface area contributed by atoms with Crippen molar-refractivity contribution in [2.45, 2.75) is 18.8 Å². The van der Waals surface area contributed by atoms with Crippen LogP contribution in [0.25, 0.3) is 0 Å². The van der Waals surface area contributed by atoms with Crippen LogP contribution in [0.5, 0.6) is 11.5 Å². The highest BCUT2D eigenvalue weighted by Gasteiger charge is 2.52. The van der Waals surface area contributed by atoms with Crippen LogP contribution < -0.4 is 4.74 Å². The van der Waals surface area contributed by atoms with Gasteiger partial charge in [0.25, 0.3) is 5.92 Å². The Hall–Kier alpha value is -2.02. The summed E-state index contributed by atoms with van der Waals surface area (Å²) in [5.74, 6) is -7.54. The van der Waals surface area contributed by atoms with E-state index in [1.807, 2.05) is 0 Å². The zero-order chi connectivity index (χ0) is 15.9. The number of hydrogen-bond acceptors (Lipinski definition) is 3. The van der Waals surface area contributed by atoms with Crippen LogP contribution in [-0.4, -0.2) is 11.1 Å². The highest BCUT2D eigenvalue weighted by Crippen LogP contribution is 2.54. The molecule has 1 heterocycles. The number of ether oxygens (including phenoxy) is 1. The molecule has 0 saturated heterocycles. The maximum absolute atomic E-state index is 14.4. The Morgan fingerprint density at radius 3 is 2.45 bits per heavy atom. The van der Waals surface area contributed by atoms with Crippen molar-refractivity contribution in [3.05, 3.63) is 45.9 Å². The quantitative estimate of drug-likeness (QED) is 0.851. The zero-order valence-corrected chi connectivity index (χ0v) is 12.0. The van der Waals surface area contributed by atoms with Gasteiger partial charge in [-0.15, -0.1) is 11.3 Å². The van der Waals surface area contributed by atoms with Gasteiger partial charge in [-0.3, -0.25) is 0 Å². The van der Waals surface area contributed by atoms with Crippen LogP contribution >= 0.6 is 11.3 Å². The highest BCUT2D eigenvalue weighted by atomic mass is 32.1. The number of alkyl halides is 2. The van der Waals surface area contributed by atoms with Crippen molar-refractivity contribution in [1.82, 2.24) is 0 Å². The van der Waals surface area contributed by atoms with Crippen LogP contribution in [0.2, 0.25) is 0 Å². The van der Waals surface area contributed by atoms with E-state index in [1.54, 1.807) is 18.2 Å². The third-order valence-electron chi connectivity index (χ3n) is 3.36. The Morgan fingerprint density at radius 2 is 1.91 bits per heavy atom. The first-order valence-corrected chi connectivity index (χ1v) is 7.39. The van der Waals surface area contributed by atoms with Crippen molar-refractivity contribution in [2.75, 3.05) is 0 Å². The first-order chi connectivity index (χ1) is 10.4. The molecule has 1 N–H and O–H groups in total. The van der Waals surface area contributed by atoms with Crippen molar-refractivity contribution in [2.24, 2.45) is 5.92 Å². The number of thiophene rings is 1. The molecule has 0 bridgehead atoms. The monoisotopic (exact) mass is 328 g/mol. The summed E-state index contributed by atoms with van der Waals surface area (Å²) >= 11 is 0.239. The molecule has 1 aliphatic carbocycles. The van der Waals surface area contributed by atoms with Crippen molar-refractivity contribution in [1.29, 1.82) is 0 Å². The summed E-state index contributed by atoms with van der Waals surface area (Å²) in [6.07, 6.45) is 0.614. The molecule has 7 heteroatoms. The largest absolute Gasteiger partial charge is 0.477 e. The number of carboxylic acid groups (broad SMARTS) is 1. The van der Waals surface area contributed by atoms with Crippen LogP contribution in [0.4, 0.5) is 13.2 Å². The second-order valence-electron chi connectivity index (χ2n) is 5.02. The molecule has 1 aromatic heterocycles. The van der Waals surface area contributed by atoms with Crippen molar-refractivity contribution < 1.29 is 27.8 Å². The molecule has 0 unspecified atom stereocenters. The van der Waals surface area contributed by atoms with Gasteiger partial charge in [-0.05, 0) is 25.0 Å². The van der Waals surface area contributed by atoms with Crippen LogP contribution in [0.15, 0.2) is 30.3 Å². The van der Waals surface area contributed by atoms with E-state index in [1.165, 1.54) is 12.1 Å². The first kappa shape index (κ1) is 14.9. The molecule has 3 nitrogen and oxygen atoms in total. The second kappa shape index (κ2) is 5.31. The molecule has 116 valence electrons. The van der Waals surface area contributed by atoms with Crippen molar-refractivity contribution in [3.63, 3.8) is 0 Å². The number of para-hydroxylation sites is 1. The maximum Gasteiger partial charge on any atom is 0.349 e. The molecular formula is C15H11F3O3S. The number of carbonyl (C=O) groups is 1. The Balaban J connectivity index is 2.04. The average molecular weight is 328 g/mol. The Kier molecular flexibility index (Phi) is 3.60. The fourth-order valence-corrected chi connectivity index (χ4v) is 3.08. The molecule has 1 aromatic carbocycles. The SMILES string of the molecule is O=C(O)c1sc(C(F)(F)C2CC2)c(F)c1Oc1ccccc1. The second-order valence-corrected chi connectivity index (χ2v) is 6.04. The average Bonchev–Trinajstić information content (AvgIpc) is 3.27. The molecule has 1 aliphatic rings. The normalized spacial score (nSPS) is 14.9. The number of halogens is 3. The Labute approximate surface area is 128 Å². The molecule has 0 radical (unpaired) electrons. The number of aromatic carboxylic acids is 1. The minimum Gasteiger partial charge on any atom is -0.477 e. The van der Waals surface area contributed by atoms with Gasteiger partial charge >= 0.3 is 5.97 Å².